The third kappa shape index (κ3) is 2.84. The largest absolute Gasteiger partial charge is 0.454 e. The molecule has 2 aliphatic rings. The van der Waals surface area contributed by atoms with Gasteiger partial charge in [-0.3, -0.25) is 0 Å². The molecule has 0 spiro atoms. The molecule has 1 fully saturated rings. The molecule has 0 N–H and O–H groups in total. The van der Waals surface area contributed by atoms with Gasteiger partial charge in [-0.1, -0.05) is 6.08 Å². The van der Waals surface area contributed by atoms with Gasteiger partial charge in [-0.25, -0.2) is 0 Å². The Morgan fingerprint density at radius 1 is 1.16 bits per heavy atom. The van der Waals surface area contributed by atoms with Crippen molar-refractivity contribution in [2.45, 2.75) is 13.3 Å². The number of hydrogen-bond donors (Lipinski definition) is 0. The third-order valence-corrected chi connectivity index (χ3v) is 3.53. The summed E-state index contributed by atoms with van der Waals surface area (Å²) in [5.74, 6) is 1.72. The average Bonchev–Trinajstić information content (AvgIpc) is 2.87. The molecule has 0 saturated carbocycles. The van der Waals surface area contributed by atoms with E-state index in [-0.39, 0.29) is 0 Å². The van der Waals surface area contributed by atoms with E-state index in [0.29, 0.717) is 6.79 Å². The first-order chi connectivity index (χ1) is 9.33. The lowest BCUT2D eigenvalue weighted by molar-refractivity contribution is 0.0593. The highest BCUT2D eigenvalue weighted by Gasteiger charge is 2.15. The summed E-state index contributed by atoms with van der Waals surface area (Å²) >= 11 is 0. The molecule has 19 heavy (non-hydrogen) atoms. The molecule has 102 valence electrons. The highest BCUT2D eigenvalue weighted by Crippen LogP contribution is 2.34. The van der Waals surface area contributed by atoms with E-state index in [1.165, 1.54) is 11.1 Å². The molecule has 3 rings (SSSR count). The van der Waals surface area contributed by atoms with Crippen LogP contribution in [0.1, 0.15) is 11.1 Å². The van der Waals surface area contributed by atoms with Crippen molar-refractivity contribution in [1.29, 1.82) is 0 Å². The fourth-order valence-corrected chi connectivity index (χ4v) is 2.36. The molecule has 4 nitrogen and oxygen atoms in total. The van der Waals surface area contributed by atoms with Gasteiger partial charge < -0.3 is 19.1 Å². The smallest absolute Gasteiger partial charge is 0.231 e. The zero-order chi connectivity index (χ0) is 13.1. The van der Waals surface area contributed by atoms with E-state index >= 15 is 0 Å². The molecule has 1 saturated heterocycles. The second kappa shape index (κ2) is 5.53. The Hall–Kier alpha value is -1.68. The Morgan fingerprint density at radius 3 is 2.68 bits per heavy atom. The van der Waals surface area contributed by atoms with Crippen molar-refractivity contribution in [3.8, 4) is 11.5 Å². The molecule has 1 aromatic carbocycles. The molecule has 0 radical (unpaired) electrons. The predicted molar refractivity (Wildman–Crippen MR) is 72.5 cm³/mol. The maximum absolute atomic E-state index is 5.42. The van der Waals surface area contributed by atoms with Crippen molar-refractivity contribution in [3.05, 3.63) is 35.5 Å². The summed E-state index contributed by atoms with van der Waals surface area (Å²) in [6.07, 6.45) is 5.29. The number of nitrogens with zero attached hydrogens (tertiary/aromatic N) is 1. The molecule has 0 bridgehead atoms. The minimum Gasteiger partial charge on any atom is -0.454 e. The van der Waals surface area contributed by atoms with Crippen LogP contribution in [0.5, 0.6) is 11.5 Å². The second-order valence-electron chi connectivity index (χ2n) is 4.87. The molecule has 2 aliphatic heterocycles. The van der Waals surface area contributed by atoms with Crippen molar-refractivity contribution in [2.24, 2.45) is 0 Å². The number of hydrogen-bond acceptors (Lipinski definition) is 4. The highest BCUT2D eigenvalue weighted by atomic mass is 16.7. The lowest BCUT2D eigenvalue weighted by Gasteiger charge is -2.25. The molecular weight excluding hydrogens is 242 g/mol. The maximum Gasteiger partial charge on any atom is 0.231 e. The van der Waals surface area contributed by atoms with Crippen LogP contribution in [-0.2, 0) is 11.2 Å². The summed E-state index contributed by atoms with van der Waals surface area (Å²) in [6.45, 7) is 6.07. The van der Waals surface area contributed by atoms with Gasteiger partial charge in [0.25, 0.3) is 0 Å². The van der Waals surface area contributed by atoms with Crippen LogP contribution in [0.3, 0.4) is 0 Å². The first kappa shape index (κ1) is 12.4. The fourth-order valence-electron chi connectivity index (χ4n) is 2.36. The van der Waals surface area contributed by atoms with Crippen LogP contribution >= 0.6 is 0 Å². The topological polar surface area (TPSA) is 30.9 Å². The lowest BCUT2D eigenvalue weighted by atomic mass is 10.0. The van der Waals surface area contributed by atoms with Crippen LogP contribution < -0.4 is 9.47 Å². The van der Waals surface area contributed by atoms with Gasteiger partial charge in [0.1, 0.15) is 0 Å². The van der Waals surface area contributed by atoms with Crippen molar-refractivity contribution in [2.75, 3.05) is 33.1 Å². The number of aryl methyl sites for hydroxylation is 1. The van der Waals surface area contributed by atoms with E-state index in [0.717, 1.165) is 44.2 Å². The molecular formula is C15H19NO3. The predicted octanol–water partition coefficient (Wildman–Crippen LogP) is 2.11. The number of rotatable bonds is 3. The van der Waals surface area contributed by atoms with Crippen molar-refractivity contribution in [3.63, 3.8) is 0 Å². The minimum atomic E-state index is 0.335. The Labute approximate surface area is 113 Å². The zero-order valence-electron chi connectivity index (χ0n) is 11.2. The van der Waals surface area contributed by atoms with E-state index in [9.17, 15) is 0 Å². The summed E-state index contributed by atoms with van der Waals surface area (Å²) in [7, 11) is 0. The number of morpholine rings is 1. The van der Waals surface area contributed by atoms with Crippen LogP contribution in [-0.4, -0.2) is 38.0 Å². The van der Waals surface area contributed by atoms with Gasteiger partial charge in [0.15, 0.2) is 11.5 Å². The van der Waals surface area contributed by atoms with Gasteiger partial charge in [0.2, 0.25) is 6.79 Å². The Kier molecular flexibility index (Phi) is 3.60. The van der Waals surface area contributed by atoms with Gasteiger partial charge in [0.05, 0.1) is 13.2 Å². The van der Waals surface area contributed by atoms with E-state index in [1.807, 2.05) is 0 Å². The van der Waals surface area contributed by atoms with Crippen LogP contribution in [0.2, 0.25) is 0 Å². The highest BCUT2D eigenvalue weighted by molar-refractivity contribution is 5.48. The summed E-state index contributed by atoms with van der Waals surface area (Å²) in [6, 6.07) is 4.14. The number of fused-ring (bicyclic) bond motifs is 1. The zero-order valence-corrected chi connectivity index (χ0v) is 11.2. The lowest BCUT2D eigenvalue weighted by Crippen LogP contribution is -2.32. The van der Waals surface area contributed by atoms with Gasteiger partial charge >= 0.3 is 0 Å². The average molecular weight is 261 g/mol. The van der Waals surface area contributed by atoms with Gasteiger partial charge in [-0.15, -0.1) is 0 Å². The van der Waals surface area contributed by atoms with Crippen molar-refractivity contribution < 1.29 is 14.2 Å². The van der Waals surface area contributed by atoms with Crippen molar-refractivity contribution in [1.82, 2.24) is 4.90 Å². The van der Waals surface area contributed by atoms with Crippen molar-refractivity contribution >= 4 is 0 Å². The van der Waals surface area contributed by atoms with E-state index in [4.69, 9.17) is 14.2 Å². The Balaban J connectivity index is 1.64. The molecule has 0 aromatic heterocycles. The SMILES string of the molecule is Cc1cc2c(cc1C/C=C/N1CCOCC1)OCO2. The van der Waals surface area contributed by atoms with Crippen LogP contribution in [0.15, 0.2) is 24.4 Å². The maximum atomic E-state index is 5.42. The number of benzene rings is 1. The van der Waals surface area contributed by atoms with E-state index < -0.39 is 0 Å². The minimum absolute atomic E-state index is 0.335. The van der Waals surface area contributed by atoms with Crippen LogP contribution in [0, 0.1) is 6.92 Å². The normalized spacial score (nSPS) is 18.3. The molecule has 1 aromatic rings. The Bertz CT molecular complexity index is 479. The number of allylic oxidation sites excluding steroid dienone is 1. The molecule has 0 unspecified atom stereocenters. The van der Waals surface area contributed by atoms with Gasteiger partial charge in [0, 0.05) is 13.1 Å². The second-order valence-corrected chi connectivity index (χ2v) is 4.87. The molecule has 2 heterocycles. The quantitative estimate of drug-likeness (QED) is 0.834. The summed E-state index contributed by atoms with van der Waals surface area (Å²) < 4.78 is 16.1. The van der Waals surface area contributed by atoms with Gasteiger partial charge in [-0.05, 0) is 42.8 Å². The summed E-state index contributed by atoms with van der Waals surface area (Å²) in [5.41, 5.74) is 2.53. The third-order valence-electron chi connectivity index (χ3n) is 3.53. The molecule has 0 amide bonds. The first-order valence-corrected chi connectivity index (χ1v) is 6.70. The first-order valence-electron chi connectivity index (χ1n) is 6.70. The molecule has 0 atom stereocenters. The van der Waals surface area contributed by atoms with Crippen LogP contribution in [0.25, 0.3) is 0 Å². The monoisotopic (exact) mass is 261 g/mol. The fraction of sp³-hybridized carbons (Fsp3) is 0.467. The van der Waals surface area contributed by atoms with E-state index in [2.05, 4.69) is 36.2 Å². The Morgan fingerprint density at radius 2 is 1.89 bits per heavy atom. The van der Waals surface area contributed by atoms with Gasteiger partial charge in [-0.2, -0.15) is 0 Å². The summed E-state index contributed by atoms with van der Waals surface area (Å²) in [5, 5.41) is 0. The summed E-state index contributed by atoms with van der Waals surface area (Å²) in [4.78, 5) is 2.30. The number of ether oxygens (including phenoxy) is 3. The van der Waals surface area contributed by atoms with E-state index in [1.54, 1.807) is 0 Å². The standard InChI is InChI=1S/C15H19NO3/c1-12-9-14-15(19-11-18-14)10-13(12)3-2-4-16-5-7-17-8-6-16/h2,4,9-10H,3,5-8,11H2,1H3/b4-2+. The van der Waals surface area contributed by atoms with Crippen LogP contribution in [0.4, 0.5) is 0 Å². The molecule has 0 aliphatic carbocycles. The molecule has 4 heteroatoms.